The zero-order valence-corrected chi connectivity index (χ0v) is 24.1. The number of hydrogen-bond acceptors (Lipinski definition) is 1. The summed E-state index contributed by atoms with van der Waals surface area (Å²) in [6.45, 7) is 2.28. The Morgan fingerprint density at radius 2 is 1.51 bits per heavy atom. The van der Waals surface area contributed by atoms with Gasteiger partial charge in [-0.25, -0.2) is 0 Å². The van der Waals surface area contributed by atoms with Gasteiger partial charge in [-0.2, -0.15) is 0 Å². The van der Waals surface area contributed by atoms with Crippen molar-refractivity contribution in [2.24, 2.45) is 5.92 Å². The number of aromatic nitrogens is 1. The van der Waals surface area contributed by atoms with Crippen LogP contribution >= 0.6 is 0 Å². The SMILES string of the molecule is CCc1c(C=CCC2C=CC=C3c4ccccc4OC32)n(-c2ccc3ccc4cccc5ccc2c3c45)c2ccccc12. The van der Waals surface area contributed by atoms with Crippen molar-refractivity contribution in [1.82, 2.24) is 4.57 Å². The van der Waals surface area contributed by atoms with E-state index in [-0.39, 0.29) is 6.10 Å². The first kappa shape index (κ1) is 24.5. The molecule has 206 valence electrons. The summed E-state index contributed by atoms with van der Waals surface area (Å²) < 4.78 is 8.96. The molecule has 0 fully saturated rings. The first-order valence-electron chi connectivity index (χ1n) is 15.4. The number of para-hydroxylation sites is 2. The van der Waals surface area contributed by atoms with Crippen LogP contribution in [0.25, 0.3) is 60.6 Å². The van der Waals surface area contributed by atoms with Crippen LogP contribution in [0.15, 0.2) is 127 Å². The maximum absolute atomic E-state index is 6.46. The number of rotatable bonds is 5. The van der Waals surface area contributed by atoms with E-state index in [1.165, 1.54) is 71.3 Å². The van der Waals surface area contributed by atoms with Gasteiger partial charge in [0.05, 0.1) is 11.2 Å². The van der Waals surface area contributed by atoms with Crippen molar-refractivity contribution in [3.8, 4) is 11.4 Å². The van der Waals surface area contributed by atoms with E-state index >= 15 is 0 Å². The van der Waals surface area contributed by atoms with Crippen molar-refractivity contribution < 1.29 is 4.74 Å². The lowest BCUT2D eigenvalue weighted by Crippen LogP contribution is -2.24. The zero-order valence-electron chi connectivity index (χ0n) is 24.1. The Morgan fingerprint density at radius 1 is 0.744 bits per heavy atom. The molecule has 2 unspecified atom stereocenters. The second kappa shape index (κ2) is 9.47. The number of hydrogen-bond donors (Lipinski definition) is 0. The van der Waals surface area contributed by atoms with Gasteiger partial charge in [-0.05, 0) is 69.6 Å². The predicted octanol–water partition coefficient (Wildman–Crippen LogP) is 10.5. The van der Waals surface area contributed by atoms with Crippen LogP contribution < -0.4 is 4.74 Å². The zero-order chi connectivity index (χ0) is 28.5. The van der Waals surface area contributed by atoms with Crippen molar-refractivity contribution in [3.05, 3.63) is 144 Å². The highest BCUT2D eigenvalue weighted by Crippen LogP contribution is 2.44. The minimum Gasteiger partial charge on any atom is -0.484 e. The van der Waals surface area contributed by atoms with E-state index in [4.69, 9.17) is 4.74 Å². The van der Waals surface area contributed by atoms with Gasteiger partial charge in [0.1, 0.15) is 11.9 Å². The Balaban J connectivity index is 1.18. The molecule has 2 aliphatic rings. The Hall–Kier alpha value is -5.08. The molecule has 0 saturated carbocycles. The van der Waals surface area contributed by atoms with Gasteiger partial charge in [0.15, 0.2) is 0 Å². The van der Waals surface area contributed by atoms with E-state index in [0.717, 1.165) is 18.6 Å². The Kier molecular flexibility index (Phi) is 5.40. The summed E-state index contributed by atoms with van der Waals surface area (Å²) in [4.78, 5) is 0. The third-order valence-corrected chi connectivity index (χ3v) is 9.59. The minimum absolute atomic E-state index is 0.0705. The van der Waals surface area contributed by atoms with Gasteiger partial charge in [-0.15, -0.1) is 0 Å². The highest BCUT2D eigenvalue weighted by Gasteiger charge is 2.34. The average Bonchev–Trinajstić information content (AvgIpc) is 3.59. The molecule has 2 atom stereocenters. The quantitative estimate of drug-likeness (QED) is 0.193. The fraction of sp³-hybridized carbons (Fsp3) is 0.122. The highest BCUT2D eigenvalue weighted by molar-refractivity contribution is 6.24. The molecular weight excluding hydrogens is 522 g/mol. The topological polar surface area (TPSA) is 14.2 Å². The fourth-order valence-electron chi connectivity index (χ4n) is 7.65. The third kappa shape index (κ3) is 3.59. The van der Waals surface area contributed by atoms with Gasteiger partial charge in [-0.1, -0.05) is 116 Å². The monoisotopic (exact) mass is 553 g/mol. The highest BCUT2D eigenvalue weighted by atomic mass is 16.5. The maximum Gasteiger partial charge on any atom is 0.131 e. The summed E-state index contributed by atoms with van der Waals surface area (Å²) in [5.41, 5.74) is 7.68. The predicted molar refractivity (Wildman–Crippen MR) is 181 cm³/mol. The molecule has 0 saturated heterocycles. The van der Waals surface area contributed by atoms with Crippen LogP contribution in [0, 0.1) is 5.92 Å². The van der Waals surface area contributed by atoms with Crippen LogP contribution in [-0.4, -0.2) is 10.7 Å². The molecule has 2 heteroatoms. The summed E-state index contributed by atoms with van der Waals surface area (Å²) in [7, 11) is 0. The van der Waals surface area contributed by atoms with Crippen LogP contribution in [0.5, 0.6) is 5.75 Å². The lowest BCUT2D eigenvalue weighted by Gasteiger charge is -2.23. The smallest absolute Gasteiger partial charge is 0.131 e. The summed E-state index contributed by atoms with van der Waals surface area (Å²) in [6, 6.07) is 37.7. The normalized spacial score (nSPS) is 17.7. The summed E-state index contributed by atoms with van der Waals surface area (Å²) >= 11 is 0. The van der Waals surface area contributed by atoms with E-state index in [2.05, 4.69) is 145 Å². The molecule has 1 aliphatic heterocycles. The number of benzene rings is 6. The van der Waals surface area contributed by atoms with Crippen molar-refractivity contribution in [2.75, 3.05) is 0 Å². The Labute approximate surface area is 251 Å². The van der Waals surface area contributed by atoms with Crippen molar-refractivity contribution in [1.29, 1.82) is 0 Å². The largest absolute Gasteiger partial charge is 0.484 e. The molecule has 9 rings (SSSR count). The van der Waals surface area contributed by atoms with Crippen LogP contribution in [0.1, 0.15) is 30.2 Å². The molecule has 7 aromatic rings. The molecule has 1 aromatic heterocycles. The fourth-order valence-corrected chi connectivity index (χ4v) is 7.65. The summed E-state index contributed by atoms with van der Waals surface area (Å²) in [5, 5.41) is 9.21. The van der Waals surface area contributed by atoms with Gasteiger partial charge in [0, 0.05) is 33.5 Å². The van der Waals surface area contributed by atoms with Gasteiger partial charge in [-0.3, -0.25) is 0 Å². The number of aryl methyl sites for hydroxylation is 1. The standard InChI is InChI=1S/C41H31NO/c1-2-30-31-14-3-5-17-36(31)42(37-25-23-28-21-20-26-10-7-11-27-22-24-34(37)40(28)39(26)27)35(30)18-9-13-29-12-8-16-33-32-15-4-6-19-38(32)43-41(29)33/h3-12,14-25,29,41H,2,13H2,1H3. The second-order valence-corrected chi connectivity index (χ2v) is 11.9. The molecule has 43 heavy (non-hydrogen) atoms. The lowest BCUT2D eigenvalue weighted by molar-refractivity contribution is 0.227. The number of ether oxygens (including phenoxy) is 1. The number of allylic oxidation sites excluding steroid dienone is 3. The van der Waals surface area contributed by atoms with E-state index in [1.54, 1.807) is 0 Å². The molecule has 0 radical (unpaired) electrons. The molecule has 0 bridgehead atoms. The van der Waals surface area contributed by atoms with Crippen LogP contribution in [0.2, 0.25) is 0 Å². The van der Waals surface area contributed by atoms with Crippen molar-refractivity contribution in [3.63, 3.8) is 0 Å². The molecule has 6 aromatic carbocycles. The molecule has 1 aliphatic carbocycles. The number of fused-ring (bicyclic) bond motifs is 4. The van der Waals surface area contributed by atoms with Crippen LogP contribution in [0.3, 0.4) is 0 Å². The average molecular weight is 554 g/mol. The lowest BCUT2D eigenvalue weighted by atomic mass is 9.86. The molecule has 0 spiro atoms. The van der Waals surface area contributed by atoms with E-state index in [0.29, 0.717) is 5.92 Å². The first-order chi connectivity index (χ1) is 21.3. The molecular formula is C41H31NO. The van der Waals surface area contributed by atoms with E-state index < -0.39 is 0 Å². The molecule has 0 amide bonds. The summed E-state index contributed by atoms with van der Waals surface area (Å²) in [5.74, 6) is 1.29. The summed E-state index contributed by atoms with van der Waals surface area (Å²) in [6.07, 6.45) is 13.4. The minimum atomic E-state index is 0.0705. The molecule has 2 heterocycles. The van der Waals surface area contributed by atoms with Gasteiger partial charge >= 0.3 is 0 Å². The second-order valence-electron chi connectivity index (χ2n) is 11.9. The maximum atomic E-state index is 6.46. The van der Waals surface area contributed by atoms with Gasteiger partial charge < -0.3 is 9.30 Å². The van der Waals surface area contributed by atoms with Crippen LogP contribution in [0.4, 0.5) is 0 Å². The van der Waals surface area contributed by atoms with Gasteiger partial charge in [0.25, 0.3) is 0 Å². The first-order valence-corrected chi connectivity index (χ1v) is 15.4. The number of nitrogens with zero attached hydrogens (tertiary/aromatic N) is 1. The Bertz CT molecular complexity index is 2280. The Morgan fingerprint density at radius 3 is 2.40 bits per heavy atom. The van der Waals surface area contributed by atoms with E-state index in [9.17, 15) is 0 Å². The third-order valence-electron chi connectivity index (χ3n) is 9.59. The van der Waals surface area contributed by atoms with Gasteiger partial charge in [0.2, 0.25) is 0 Å². The van der Waals surface area contributed by atoms with Crippen molar-refractivity contribution >= 4 is 54.9 Å². The molecule has 2 nitrogen and oxygen atoms in total. The van der Waals surface area contributed by atoms with E-state index in [1.807, 2.05) is 0 Å². The van der Waals surface area contributed by atoms with Crippen LogP contribution in [-0.2, 0) is 6.42 Å². The van der Waals surface area contributed by atoms with Crippen molar-refractivity contribution in [2.45, 2.75) is 25.9 Å². The molecule has 0 N–H and O–H groups in total.